The van der Waals surface area contributed by atoms with Crippen LogP contribution in [0.5, 0.6) is 0 Å². The van der Waals surface area contributed by atoms with Gasteiger partial charge in [0.05, 0.1) is 0 Å². The molecule has 1 spiro atoms. The minimum absolute atomic E-state index is 0.399. The SMILES string of the molecule is FC(F)=C1CC2N(CCC23CC3)C1. The summed E-state index contributed by atoms with van der Waals surface area (Å²) >= 11 is 0. The first kappa shape index (κ1) is 7.92. The highest BCUT2D eigenvalue weighted by atomic mass is 19.3. The van der Waals surface area contributed by atoms with Gasteiger partial charge in [-0.3, -0.25) is 4.90 Å². The Balaban J connectivity index is 1.86. The monoisotopic (exact) mass is 185 g/mol. The highest BCUT2D eigenvalue weighted by molar-refractivity contribution is 5.22. The Morgan fingerprint density at radius 2 is 2.08 bits per heavy atom. The van der Waals surface area contributed by atoms with Gasteiger partial charge in [0.1, 0.15) is 0 Å². The molecule has 0 aromatic rings. The molecular formula is C10H13F2N. The van der Waals surface area contributed by atoms with E-state index < -0.39 is 6.08 Å². The van der Waals surface area contributed by atoms with Crippen LogP contribution in [0.15, 0.2) is 11.7 Å². The highest BCUT2D eigenvalue weighted by Crippen LogP contribution is 2.60. The summed E-state index contributed by atoms with van der Waals surface area (Å²) < 4.78 is 24.7. The molecular weight excluding hydrogens is 172 g/mol. The van der Waals surface area contributed by atoms with Gasteiger partial charge in [-0.1, -0.05) is 0 Å². The molecule has 1 nitrogen and oxygen atoms in total. The molecule has 1 saturated carbocycles. The lowest BCUT2D eigenvalue weighted by Crippen LogP contribution is -2.26. The van der Waals surface area contributed by atoms with E-state index >= 15 is 0 Å². The third-order valence-electron chi connectivity index (χ3n) is 4.04. The van der Waals surface area contributed by atoms with Crippen LogP contribution in [-0.4, -0.2) is 24.0 Å². The van der Waals surface area contributed by atoms with Crippen LogP contribution in [0.1, 0.15) is 25.7 Å². The molecule has 2 aliphatic heterocycles. The molecule has 2 heterocycles. The Hall–Kier alpha value is -0.440. The van der Waals surface area contributed by atoms with Crippen LogP contribution in [0.4, 0.5) is 8.78 Å². The summed E-state index contributed by atoms with van der Waals surface area (Å²) in [5.41, 5.74) is 0.868. The molecule has 0 radical (unpaired) electrons. The van der Waals surface area contributed by atoms with Gasteiger partial charge in [0.15, 0.2) is 0 Å². The van der Waals surface area contributed by atoms with Crippen molar-refractivity contribution in [3.05, 3.63) is 11.7 Å². The largest absolute Gasteiger partial charge is 0.295 e. The summed E-state index contributed by atoms with van der Waals surface area (Å²) in [5.74, 6) is 0. The maximum absolute atomic E-state index is 12.4. The molecule has 2 saturated heterocycles. The van der Waals surface area contributed by atoms with Crippen molar-refractivity contribution < 1.29 is 8.78 Å². The van der Waals surface area contributed by atoms with E-state index in [1.54, 1.807) is 0 Å². The van der Waals surface area contributed by atoms with Crippen molar-refractivity contribution in [2.24, 2.45) is 5.41 Å². The Labute approximate surface area is 76.4 Å². The van der Waals surface area contributed by atoms with E-state index in [9.17, 15) is 8.78 Å². The summed E-state index contributed by atoms with van der Waals surface area (Å²) in [6.07, 6.45) is 3.01. The molecule has 3 rings (SSSR count). The molecule has 72 valence electrons. The molecule has 3 heteroatoms. The zero-order valence-electron chi connectivity index (χ0n) is 7.52. The first-order valence-corrected chi connectivity index (χ1v) is 4.98. The maximum Gasteiger partial charge on any atom is 0.270 e. The van der Waals surface area contributed by atoms with Gasteiger partial charge in [-0.2, -0.15) is 8.78 Å². The Morgan fingerprint density at radius 1 is 1.31 bits per heavy atom. The van der Waals surface area contributed by atoms with Crippen LogP contribution in [0.25, 0.3) is 0 Å². The molecule has 1 unspecified atom stereocenters. The number of halogens is 2. The zero-order valence-corrected chi connectivity index (χ0v) is 7.52. The first-order valence-electron chi connectivity index (χ1n) is 4.98. The molecule has 0 bridgehead atoms. The van der Waals surface area contributed by atoms with Crippen LogP contribution in [0, 0.1) is 5.41 Å². The number of fused-ring (bicyclic) bond motifs is 2. The maximum atomic E-state index is 12.4. The first-order chi connectivity index (χ1) is 6.21. The number of hydrogen-bond acceptors (Lipinski definition) is 1. The fourth-order valence-corrected chi connectivity index (χ4v) is 3.03. The van der Waals surface area contributed by atoms with E-state index in [1.165, 1.54) is 19.3 Å². The average Bonchev–Trinajstić information content (AvgIpc) is 2.60. The van der Waals surface area contributed by atoms with Crippen molar-refractivity contribution in [3.8, 4) is 0 Å². The fourth-order valence-electron chi connectivity index (χ4n) is 3.03. The van der Waals surface area contributed by atoms with E-state index in [4.69, 9.17) is 0 Å². The van der Waals surface area contributed by atoms with Crippen molar-refractivity contribution in [3.63, 3.8) is 0 Å². The van der Waals surface area contributed by atoms with Crippen LogP contribution in [-0.2, 0) is 0 Å². The van der Waals surface area contributed by atoms with Gasteiger partial charge >= 0.3 is 0 Å². The van der Waals surface area contributed by atoms with E-state index in [0.29, 0.717) is 30.0 Å². The van der Waals surface area contributed by atoms with Gasteiger partial charge in [0, 0.05) is 18.2 Å². The van der Waals surface area contributed by atoms with E-state index in [0.717, 1.165) is 6.54 Å². The summed E-state index contributed by atoms with van der Waals surface area (Å²) in [6.45, 7) is 1.58. The Bertz CT molecular complexity index is 277. The summed E-state index contributed by atoms with van der Waals surface area (Å²) in [7, 11) is 0. The average molecular weight is 185 g/mol. The molecule has 0 aromatic carbocycles. The lowest BCUT2D eigenvalue weighted by atomic mass is 9.94. The number of rotatable bonds is 0. The van der Waals surface area contributed by atoms with Gasteiger partial charge in [-0.25, -0.2) is 0 Å². The normalized spacial score (nSPS) is 35.5. The second kappa shape index (κ2) is 2.32. The minimum atomic E-state index is -1.43. The molecule has 0 amide bonds. The molecule has 3 aliphatic rings. The molecule has 13 heavy (non-hydrogen) atoms. The van der Waals surface area contributed by atoms with Gasteiger partial charge in [-0.15, -0.1) is 0 Å². The third-order valence-corrected chi connectivity index (χ3v) is 4.04. The predicted octanol–water partition coefficient (Wildman–Crippen LogP) is 2.40. The minimum Gasteiger partial charge on any atom is -0.295 e. The zero-order chi connectivity index (χ0) is 9.05. The van der Waals surface area contributed by atoms with E-state index in [-0.39, 0.29) is 0 Å². The lowest BCUT2D eigenvalue weighted by molar-refractivity contribution is 0.281. The highest BCUT2D eigenvalue weighted by Gasteiger charge is 2.57. The summed E-state index contributed by atoms with van der Waals surface area (Å²) in [5, 5.41) is 0. The van der Waals surface area contributed by atoms with Gasteiger partial charge < -0.3 is 0 Å². The molecule has 0 N–H and O–H groups in total. The standard InChI is InChI=1S/C10H13F2N/c11-9(12)7-5-8-10(1-2-10)3-4-13(8)6-7/h8H,1-6H2. The van der Waals surface area contributed by atoms with Crippen molar-refractivity contribution in [2.75, 3.05) is 13.1 Å². The lowest BCUT2D eigenvalue weighted by Gasteiger charge is -2.17. The summed E-state index contributed by atoms with van der Waals surface area (Å²) in [4.78, 5) is 2.25. The van der Waals surface area contributed by atoms with Crippen molar-refractivity contribution in [2.45, 2.75) is 31.7 Å². The van der Waals surface area contributed by atoms with Crippen molar-refractivity contribution in [1.29, 1.82) is 0 Å². The van der Waals surface area contributed by atoms with Crippen LogP contribution in [0.2, 0.25) is 0 Å². The molecule has 1 atom stereocenters. The Kier molecular flexibility index (Phi) is 1.41. The van der Waals surface area contributed by atoms with E-state index in [1.807, 2.05) is 0 Å². The van der Waals surface area contributed by atoms with Crippen LogP contribution >= 0.6 is 0 Å². The number of nitrogens with zero attached hydrogens (tertiary/aromatic N) is 1. The van der Waals surface area contributed by atoms with Gasteiger partial charge in [-0.05, 0) is 37.6 Å². The second-order valence-electron chi connectivity index (χ2n) is 4.67. The molecule has 0 aromatic heterocycles. The summed E-state index contributed by atoms with van der Waals surface area (Å²) in [6, 6.07) is 0.462. The smallest absolute Gasteiger partial charge is 0.270 e. The van der Waals surface area contributed by atoms with Gasteiger partial charge in [0.2, 0.25) is 0 Å². The number of hydrogen-bond donors (Lipinski definition) is 0. The van der Waals surface area contributed by atoms with Crippen molar-refractivity contribution in [1.82, 2.24) is 4.90 Å². The quantitative estimate of drug-likeness (QED) is 0.560. The van der Waals surface area contributed by atoms with E-state index in [2.05, 4.69) is 4.90 Å². The Morgan fingerprint density at radius 3 is 2.69 bits per heavy atom. The van der Waals surface area contributed by atoms with Crippen LogP contribution in [0.3, 0.4) is 0 Å². The topological polar surface area (TPSA) is 3.24 Å². The molecule has 1 aliphatic carbocycles. The fraction of sp³-hybridized carbons (Fsp3) is 0.800. The molecule has 3 fully saturated rings. The second-order valence-corrected chi connectivity index (χ2v) is 4.67. The predicted molar refractivity (Wildman–Crippen MR) is 45.5 cm³/mol. The third kappa shape index (κ3) is 0.997. The van der Waals surface area contributed by atoms with Crippen molar-refractivity contribution >= 4 is 0 Å². The van der Waals surface area contributed by atoms with Gasteiger partial charge in [0.25, 0.3) is 6.08 Å². The van der Waals surface area contributed by atoms with Crippen LogP contribution < -0.4 is 0 Å².